The number of ether oxygens (including phenoxy) is 1. The first-order valence-corrected chi connectivity index (χ1v) is 5.52. The van der Waals surface area contributed by atoms with Crippen molar-refractivity contribution in [1.29, 1.82) is 5.26 Å². The SMILES string of the molecule is CCOC(=O)C(C#N)C1C=CCCCC1. The van der Waals surface area contributed by atoms with Gasteiger partial charge in [0.2, 0.25) is 0 Å². The number of nitriles is 1. The van der Waals surface area contributed by atoms with Gasteiger partial charge in [0.1, 0.15) is 5.92 Å². The third-order valence-electron chi connectivity index (χ3n) is 2.65. The summed E-state index contributed by atoms with van der Waals surface area (Å²) in [5.41, 5.74) is 0. The number of carbonyl (C=O) groups is 1. The highest BCUT2D eigenvalue weighted by Crippen LogP contribution is 2.24. The Bertz CT molecular complexity index is 278. The molecule has 0 aromatic heterocycles. The molecule has 3 nitrogen and oxygen atoms in total. The van der Waals surface area contributed by atoms with Crippen LogP contribution < -0.4 is 0 Å². The molecule has 0 saturated heterocycles. The fraction of sp³-hybridized carbons (Fsp3) is 0.667. The van der Waals surface area contributed by atoms with Gasteiger partial charge in [-0.3, -0.25) is 4.79 Å². The summed E-state index contributed by atoms with van der Waals surface area (Å²) in [4.78, 5) is 11.5. The third-order valence-corrected chi connectivity index (χ3v) is 2.65. The zero-order valence-electron chi connectivity index (χ0n) is 9.11. The van der Waals surface area contributed by atoms with Crippen LogP contribution in [0.4, 0.5) is 0 Å². The van der Waals surface area contributed by atoms with Gasteiger partial charge in [-0.15, -0.1) is 0 Å². The van der Waals surface area contributed by atoms with Crippen LogP contribution in [0, 0.1) is 23.2 Å². The van der Waals surface area contributed by atoms with Crippen molar-refractivity contribution in [2.45, 2.75) is 32.6 Å². The highest BCUT2D eigenvalue weighted by Gasteiger charge is 2.27. The average Bonchev–Trinajstić information content (AvgIpc) is 2.48. The molecule has 82 valence electrons. The van der Waals surface area contributed by atoms with Gasteiger partial charge in [0.15, 0.2) is 0 Å². The molecule has 0 radical (unpaired) electrons. The largest absolute Gasteiger partial charge is 0.465 e. The number of rotatable bonds is 3. The highest BCUT2D eigenvalue weighted by atomic mass is 16.5. The fourth-order valence-electron chi connectivity index (χ4n) is 1.84. The Morgan fingerprint density at radius 3 is 3.13 bits per heavy atom. The minimum Gasteiger partial charge on any atom is -0.465 e. The molecule has 3 heteroatoms. The summed E-state index contributed by atoms with van der Waals surface area (Å²) in [6, 6.07) is 2.06. The number of nitrogens with zero attached hydrogens (tertiary/aromatic N) is 1. The maximum Gasteiger partial charge on any atom is 0.323 e. The number of esters is 1. The van der Waals surface area contributed by atoms with Crippen molar-refractivity contribution in [2.24, 2.45) is 11.8 Å². The third kappa shape index (κ3) is 3.39. The number of hydrogen-bond donors (Lipinski definition) is 0. The number of allylic oxidation sites excluding steroid dienone is 2. The van der Waals surface area contributed by atoms with Gasteiger partial charge in [-0.1, -0.05) is 18.6 Å². The maximum absolute atomic E-state index is 11.5. The average molecular weight is 207 g/mol. The van der Waals surface area contributed by atoms with E-state index in [0.717, 1.165) is 25.7 Å². The minimum absolute atomic E-state index is 0.0385. The zero-order valence-corrected chi connectivity index (χ0v) is 9.11. The first-order chi connectivity index (χ1) is 7.29. The molecule has 1 aliphatic rings. The fourth-order valence-corrected chi connectivity index (χ4v) is 1.84. The molecule has 1 rings (SSSR count). The molecule has 2 unspecified atom stereocenters. The van der Waals surface area contributed by atoms with Crippen LogP contribution in [-0.4, -0.2) is 12.6 Å². The van der Waals surface area contributed by atoms with Crippen LogP contribution in [0.15, 0.2) is 12.2 Å². The van der Waals surface area contributed by atoms with E-state index >= 15 is 0 Å². The minimum atomic E-state index is -0.626. The van der Waals surface area contributed by atoms with Crippen molar-refractivity contribution >= 4 is 5.97 Å². The Morgan fingerprint density at radius 2 is 2.47 bits per heavy atom. The van der Waals surface area contributed by atoms with Gasteiger partial charge >= 0.3 is 5.97 Å². The molecule has 0 N–H and O–H groups in total. The molecule has 0 spiro atoms. The normalized spacial score (nSPS) is 22.5. The Labute approximate surface area is 90.7 Å². The standard InChI is InChI=1S/C12H17NO2/c1-2-15-12(14)11(9-13)10-7-5-3-4-6-8-10/h5,7,10-11H,2-4,6,8H2,1H3. The van der Waals surface area contributed by atoms with Gasteiger partial charge in [-0.25, -0.2) is 0 Å². The monoisotopic (exact) mass is 207 g/mol. The Morgan fingerprint density at radius 1 is 1.67 bits per heavy atom. The second kappa shape index (κ2) is 6.23. The van der Waals surface area contributed by atoms with Crippen LogP contribution in [0.2, 0.25) is 0 Å². The van der Waals surface area contributed by atoms with Crippen LogP contribution in [0.1, 0.15) is 32.6 Å². The summed E-state index contributed by atoms with van der Waals surface area (Å²) < 4.78 is 4.89. The predicted molar refractivity (Wildman–Crippen MR) is 56.8 cm³/mol. The molecule has 0 aromatic rings. The van der Waals surface area contributed by atoms with Gasteiger partial charge in [-0.2, -0.15) is 5.26 Å². The molecule has 0 heterocycles. The maximum atomic E-state index is 11.5. The number of hydrogen-bond acceptors (Lipinski definition) is 3. The summed E-state index contributed by atoms with van der Waals surface area (Å²) in [7, 11) is 0. The quantitative estimate of drug-likeness (QED) is 0.527. The smallest absolute Gasteiger partial charge is 0.323 e. The summed E-state index contributed by atoms with van der Waals surface area (Å²) in [6.07, 6.45) is 8.26. The van der Waals surface area contributed by atoms with Gasteiger partial charge in [0.05, 0.1) is 12.7 Å². The molecule has 0 bridgehead atoms. The van der Waals surface area contributed by atoms with Crippen LogP contribution in [0.5, 0.6) is 0 Å². The van der Waals surface area contributed by atoms with Crippen LogP contribution in [-0.2, 0) is 9.53 Å². The van der Waals surface area contributed by atoms with E-state index in [2.05, 4.69) is 12.1 Å². The van der Waals surface area contributed by atoms with E-state index < -0.39 is 5.92 Å². The lowest BCUT2D eigenvalue weighted by molar-refractivity contribution is -0.147. The van der Waals surface area contributed by atoms with E-state index in [0.29, 0.717) is 6.61 Å². The first-order valence-electron chi connectivity index (χ1n) is 5.52. The Hall–Kier alpha value is -1.30. The number of carbonyl (C=O) groups excluding carboxylic acids is 1. The molecule has 0 aliphatic heterocycles. The second-order valence-electron chi connectivity index (χ2n) is 3.74. The molecule has 0 amide bonds. The lowest BCUT2D eigenvalue weighted by atomic mass is 9.90. The molecular formula is C12H17NO2. The molecule has 15 heavy (non-hydrogen) atoms. The molecule has 0 fully saturated rings. The lowest BCUT2D eigenvalue weighted by Gasteiger charge is -2.15. The van der Waals surface area contributed by atoms with Crippen LogP contribution in [0.25, 0.3) is 0 Å². The van der Waals surface area contributed by atoms with Gasteiger partial charge in [-0.05, 0) is 26.2 Å². The molecule has 0 saturated carbocycles. The van der Waals surface area contributed by atoms with E-state index in [1.54, 1.807) is 6.92 Å². The first kappa shape index (κ1) is 11.8. The molecule has 2 atom stereocenters. The van der Waals surface area contributed by atoms with E-state index in [1.807, 2.05) is 6.08 Å². The van der Waals surface area contributed by atoms with Crippen molar-refractivity contribution in [1.82, 2.24) is 0 Å². The summed E-state index contributed by atoms with van der Waals surface area (Å²) in [5, 5.41) is 8.98. The van der Waals surface area contributed by atoms with Crippen LogP contribution in [0.3, 0.4) is 0 Å². The van der Waals surface area contributed by atoms with E-state index in [4.69, 9.17) is 10.00 Å². The van der Waals surface area contributed by atoms with Crippen LogP contribution >= 0.6 is 0 Å². The van der Waals surface area contributed by atoms with E-state index in [9.17, 15) is 4.79 Å². The highest BCUT2D eigenvalue weighted by molar-refractivity contribution is 5.75. The summed E-state index contributed by atoms with van der Waals surface area (Å²) >= 11 is 0. The van der Waals surface area contributed by atoms with E-state index in [1.165, 1.54) is 0 Å². The second-order valence-corrected chi connectivity index (χ2v) is 3.74. The molecule has 0 aromatic carbocycles. The Balaban J connectivity index is 2.64. The van der Waals surface area contributed by atoms with Crippen molar-refractivity contribution in [3.63, 3.8) is 0 Å². The van der Waals surface area contributed by atoms with Gasteiger partial charge in [0.25, 0.3) is 0 Å². The topological polar surface area (TPSA) is 50.1 Å². The molecular weight excluding hydrogens is 190 g/mol. The van der Waals surface area contributed by atoms with E-state index in [-0.39, 0.29) is 11.9 Å². The zero-order chi connectivity index (χ0) is 11.1. The lowest BCUT2D eigenvalue weighted by Crippen LogP contribution is -2.23. The van der Waals surface area contributed by atoms with Gasteiger partial charge in [0, 0.05) is 5.92 Å². The Kier molecular flexibility index (Phi) is 4.89. The van der Waals surface area contributed by atoms with Gasteiger partial charge < -0.3 is 4.74 Å². The predicted octanol–water partition coefficient (Wildman–Crippen LogP) is 2.44. The summed E-state index contributed by atoms with van der Waals surface area (Å²) in [6.45, 7) is 2.10. The van der Waals surface area contributed by atoms with Crippen molar-refractivity contribution in [3.8, 4) is 6.07 Å². The van der Waals surface area contributed by atoms with Crippen molar-refractivity contribution in [3.05, 3.63) is 12.2 Å². The van der Waals surface area contributed by atoms with Crippen molar-refractivity contribution < 1.29 is 9.53 Å². The molecule has 1 aliphatic carbocycles. The summed E-state index contributed by atoms with van der Waals surface area (Å²) in [5.74, 6) is -0.965. The van der Waals surface area contributed by atoms with Crippen molar-refractivity contribution in [2.75, 3.05) is 6.61 Å².